The minimum Gasteiger partial charge on any atom is -0.508 e. The average Bonchev–Trinajstić information content (AvgIpc) is 2.67. The first kappa shape index (κ1) is 18.5. The van der Waals surface area contributed by atoms with E-state index >= 15 is 0 Å². The van der Waals surface area contributed by atoms with Crippen molar-refractivity contribution in [3.8, 4) is 5.75 Å². The molecule has 0 aromatic heterocycles. The highest BCUT2D eigenvalue weighted by Crippen LogP contribution is 2.23. The lowest BCUT2D eigenvalue weighted by atomic mass is 10.2. The number of hydrogen-bond donors (Lipinski definition) is 2. The number of phenolic OH excluding ortho intramolecular Hbond substituents is 1. The number of hydrogen-bond acceptors (Lipinski definition) is 4. The Hall–Kier alpha value is -2.34. The van der Waals surface area contributed by atoms with Crippen LogP contribution in [0.2, 0.25) is 0 Å². The Labute approximate surface area is 159 Å². The van der Waals surface area contributed by atoms with E-state index < -0.39 is 0 Å². The van der Waals surface area contributed by atoms with Gasteiger partial charge in [0, 0.05) is 48.5 Å². The summed E-state index contributed by atoms with van der Waals surface area (Å²) in [4.78, 5) is 17.7. The summed E-state index contributed by atoms with van der Waals surface area (Å²) in [5.74, 6) is 1.37. The van der Waals surface area contributed by atoms with E-state index in [2.05, 4.69) is 29.3 Å². The van der Waals surface area contributed by atoms with Crippen LogP contribution in [0, 0.1) is 0 Å². The number of rotatable bonds is 5. The molecule has 0 atom stereocenters. The maximum atomic E-state index is 12.5. The molecule has 0 radical (unpaired) electrons. The van der Waals surface area contributed by atoms with E-state index in [-0.39, 0.29) is 11.8 Å². The van der Waals surface area contributed by atoms with Crippen molar-refractivity contribution in [2.45, 2.75) is 18.2 Å². The second-order valence-corrected chi connectivity index (χ2v) is 7.47. The molecule has 2 amide bonds. The summed E-state index contributed by atoms with van der Waals surface area (Å²) in [6, 6.07) is 15.2. The predicted molar refractivity (Wildman–Crippen MR) is 108 cm³/mol. The molecule has 0 spiro atoms. The van der Waals surface area contributed by atoms with E-state index in [0.717, 1.165) is 36.6 Å². The Morgan fingerprint density at radius 1 is 1.12 bits per heavy atom. The number of carbonyl (C=O) groups is 1. The van der Waals surface area contributed by atoms with E-state index in [1.165, 1.54) is 4.90 Å². The number of thioether (sulfide) groups is 1. The topological polar surface area (TPSA) is 55.8 Å². The van der Waals surface area contributed by atoms with Gasteiger partial charge < -0.3 is 20.2 Å². The Balaban J connectivity index is 1.50. The predicted octanol–water partition coefficient (Wildman–Crippen LogP) is 4.25. The zero-order chi connectivity index (χ0) is 18.4. The molecule has 0 bridgehead atoms. The molecule has 2 aromatic carbocycles. The van der Waals surface area contributed by atoms with Crippen molar-refractivity contribution in [3.63, 3.8) is 0 Å². The molecule has 1 aliphatic rings. The van der Waals surface area contributed by atoms with Crippen molar-refractivity contribution >= 4 is 29.2 Å². The zero-order valence-electron chi connectivity index (χ0n) is 15.0. The summed E-state index contributed by atoms with van der Waals surface area (Å²) >= 11 is 1.83. The third-order valence-corrected chi connectivity index (χ3v) is 5.56. The fraction of sp³-hybridized carbons (Fsp3) is 0.350. The fourth-order valence-electron chi connectivity index (χ4n) is 2.91. The van der Waals surface area contributed by atoms with Crippen LogP contribution >= 0.6 is 11.8 Å². The lowest BCUT2D eigenvalue weighted by Gasteiger charge is -2.36. The van der Waals surface area contributed by atoms with Crippen molar-refractivity contribution in [1.82, 2.24) is 4.90 Å². The first-order valence-electron chi connectivity index (χ1n) is 8.98. The number of nitrogens with one attached hydrogen (secondary N) is 1. The lowest BCUT2D eigenvalue weighted by Crippen LogP contribution is -2.50. The Bertz CT molecular complexity index is 728. The number of anilines is 2. The molecule has 0 aliphatic carbocycles. The molecule has 2 aromatic rings. The molecule has 0 saturated carbocycles. The van der Waals surface area contributed by atoms with Crippen LogP contribution in [0.4, 0.5) is 16.2 Å². The molecule has 1 heterocycles. The number of phenols is 1. The van der Waals surface area contributed by atoms with Crippen LogP contribution in [0.3, 0.4) is 0 Å². The molecule has 6 heteroatoms. The van der Waals surface area contributed by atoms with E-state index in [1.54, 1.807) is 12.1 Å². The SMILES string of the molecule is CCCSc1ccc(NC(=O)N2CCN(c3cccc(O)c3)CC2)cc1. The minimum atomic E-state index is -0.0606. The molecule has 3 rings (SSSR count). The smallest absolute Gasteiger partial charge is 0.321 e. The minimum absolute atomic E-state index is 0.0606. The normalized spacial score (nSPS) is 14.3. The summed E-state index contributed by atoms with van der Waals surface area (Å²) < 4.78 is 0. The number of urea groups is 1. The van der Waals surface area contributed by atoms with E-state index in [0.29, 0.717) is 13.1 Å². The van der Waals surface area contributed by atoms with Crippen molar-refractivity contribution in [2.75, 3.05) is 42.1 Å². The molecular formula is C20H25N3O2S. The third-order valence-electron chi connectivity index (χ3n) is 4.34. The molecule has 1 saturated heterocycles. The van der Waals surface area contributed by atoms with Gasteiger partial charge in [-0.05, 0) is 48.6 Å². The Morgan fingerprint density at radius 3 is 2.50 bits per heavy atom. The fourth-order valence-corrected chi connectivity index (χ4v) is 3.68. The summed E-state index contributed by atoms with van der Waals surface area (Å²) in [7, 11) is 0. The molecule has 5 nitrogen and oxygen atoms in total. The van der Waals surface area contributed by atoms with Gasteiger partial charge in [-0.3, -0.25) is 0 Å². The second kappa shape index (κ2) is 8.85. The van der Waals surface area contributed by atoms with Crippen LogP contribution in [0.25, 0.3) is 0 Å². The monoisotopic (exact) mass is 371 g/mol. The van der Waals surface area contributed by atoms with Crippen molar-refractivity contribution in [2.24, 2.45) is 0 Å². The number of aromatic hydroxyl groups is 1. The highest BCUT2D eigenvalue weighted by Gasteiger charge is 2.21. The quantitative estimate of drug-likeness (QED) is 0.772. The number of benzene rings is 2. The number of nitrogens with zero attached hydrogens (tertiary/aromatic N) is 2. The molecule has 138 valence electrons. The van der Waals surface area contributed by atoms with Gasteiger partial charge in [-0.25, -0.2) is 4.79 Å². The molecule has 26 heavy (non-hydrogen) atoms. The summed E-state index contributed by atoms with van der Waals surface area (Å²) in [6.07, 6.45) is 1.15. The standard InChI is InChI=1S/C20H25N3O2S/c1-2-14-26-19-8-6-16(7-9-19)21-20(25)23-12-10-22(11-13-23)17-4-3-5-18(24)15-17/h3-9,15,24H,2,10-14H2,1H3,(H,21,25). The molecule has 1 fully saturated rings. The van der Waals surface area contributed by atoms with Crippen LogP contribution in [0.5, 0.6) is 5.75 Å². The van der Waals surface area contributed by atoms with E-state index in [9.17, 15) is 9.90 Å². The Kier molecular flexibility index (Phi) is 6.28. The van der Waals surface area contributed by atoms with Crippen LogP contribution in [0.1, 0.15) is 13.3 Å². The van der Waals surface area contributed by atoms with Gasteiger partial charge in [0.1, 0.15) is 5.75 Å². The maximum absolute atomic E-state index is 12.5. The van der Waals surface area contributed by atoms with Crippen molar-refractivity contribution in [1.29, 1.82) is 0 Å². The number of carbonyl (C=O) groups excluding carboxylic acids is 1. The maximum Gasteiger partial charge on any atom is 0.321 e. The van der Waals surface area contributed by atoms with Gasteiger partial charge in [-0.2, -0.15) is 0 Å². The summed E-state index contributed by atoms with van der Waals surface area (Å²) in [5.41, 5.74) is 1.82. The van der Waals surface area contributed by atoms with Gasteiger partial charge in [-0.15, -0.1) is 11.8 Å². The van der Waals surface area contributed by atoms with E-state index in [4.69, 9.17) is 0 Å². The third kappa shape index (κ3) is 4.85. The first-order valence-corrected chi connectivity index (χ1v) is 9.97. The number of piperazine rings is 1. The summed E-state index contributed by atoms with van der Waals surface area (Å²) in [6.45, 7) is 4.99. The average molecular weight is 372 g/mol. The second-order valence-electron chi connectivity index (χ2n) is 6.30. The molecular weight excluding hydrogens is 346 g/mol. The van der Waals surface area contributed by atoms with Gasteiger partial charge in [0.15, 0.2) is 0 Å². The largest absolute Gasteiger partial charge is 0.508 e. The van der Waals surface area contributed by atoms with Gasteiger partial charge >= 0.3 is 6.03 Å². The highest BCUT2D eigenvalue weighted by molar-refractivity contribution is 7.99. The van der Waals surface area contributed by atoms with Crippen molar-refractivity contribution in [3.05, 3.63) is 48.5 Å². The zero-order valence-corrected chi connectivity index (χ0v) is 15.8. The van der Waals surface area contributed by atoms with Gasteiger partial charge in [0.25, 0.3) is 0 Å². The summed E-state index contributed by atoms with van der Waals surface area (Å²) in [5, 5.41) is 12.6. The first-order chi connectivity index (χ1) is 12.7. The Morgan fingerprint density at radius 2 is 1.85 bits per heavy atom. The van der Waals surface area contributed by atoms with Crippen LogP contribution in [0.15, 0.2) is 53.4 Å². The van der Waals surface area contributed by atoms with Crippen LogP contribution in [-0.4, -0.2) is 48.0 Å². The molecule has 0 unspecified atom stereocenters. The van der Waals surface area contributed by atoms with Crippen LogP contribution in [-0.2, 0) is 0 Å². The van der Waals surface area contributed by atoms with Gasteiger partial charge in [-0.1, -0.05) is 13.0 Å². The lowest BCUT2D eigenvalue weighted by molar-refractivity contribution is 0.208. The van der Waals surface area contributed by atoms with Crippen LogP contribution < -0.4 is 10.2 Å². The highest BCUT2D eigenvalue weighted by atomic mass is 32.2. The van der Waals surface area contributed by atoms with E-state index in [1.807, 2.05) is 40.9 Å². The van der Waals surface area contributed by atoms with Gasteiger partial charge in [0.2, 0.25) is 0 Å². The molecule has 1 aliphatic heterocycles. The number of amides is 2. The molecule has 2 N–H and O–H groups in total. The van der Waals surface area contributed by atoms with Gasteiger partial charge in [0.05, 0.1) is 0 Å². The van der Waals surface area contributed by atoms with Crippen molar-refractivity contribution < 1.29 is 9.90 Å².